The van der Waals surface area contributed by atoms with Crippen molar-refractivity contribution in [3.8, 4) is 0 Å². The second-order valence-corrected chi connectivity index (χ2v) is 5.67. The molecule has 4 N–H and O–H groups in total. The molecule has 0 fully saturated rings. The van der Waals surface area contributed by atoms with Gasteiger partial charge in [-0.2, -0.15) is 0 Å². The van der Waals surface area contributed by atoms with Crippen molar-refractivity contribution in [3.05, 3.63) is 34.9 Å². The number of benzene rings is 1. The number of nitrogens with one attached hydrogen (secondary N) is 1. The molecule has 0 radical (unpaired) electrons. The molecule has 1 aromatic rings. The first-order valence-electron chi connectivity index (χ1n) is 7.90. The standard InChI is InChI=1S/C17H29N3O/c1-4-6-7-14(5-2)11-19-12-16-9-8-15(10-13(16)3)17(18)20-21/h8-10,14,19,21H,4-7,11-12H2,1-3H3,(H2,18,20). The molecule has 4 heteroatoms. The van der Waals surface area contributed by atoms with Crippen molar-refractivity contribution in [2.45, 2.75) is 53.0 Å². The molecule has 0 bridgehead atoms. The maximum atomic E-state index is 8.70. The van der Waals surface area contributed by atoms with Crippen molar-refractivity contribution in [2.75, 3.05) is 6.54 Å². The number of hydrogen-bond donors (Lipinski definition) is 3. The monoisotopic (exact) mass is 291 g/mol. The van der Waals surface area contributed by atoms with Gasteiger partial charge >= 0.3 is 0 Å². The first kappa shape index (κ1) is 17.5. The van der Waals surface area contributed by atoms with Crippen LogP contribution in [-0.4, -0.2) is 17.6 Å². The van der Waals surface area contributed by atoms with Crippen LogP contribution in [-0.2, 0) is 6.54 Å². The highest BCUT2D eigenvalue weighted by Crippen LogP contribution is 2.13. The van der Waals surface area contributed by atoms with E-state index in [2.05, 4.69) is 31.2 Å². The molecule has 0 aliphatic heterocycles. The largest absolute Gasteiger partial charge is 0.409 e. The van der Waals surface area contributed by atoms with Crippen molar-refractivity contribution < 1.29 is 5.21 Å². The molecule has 0 aromatic heterocycles. The lowest BCUT2D eigenvalue weighted by molar-refractivity contribution is 0.318. The average molecular weight is 291 g/mol. The highest BCUT2D eigenvalue weighted by atomic mass is 16.4. The SMILES string of the molecule is CCCCC(CC)CNCc1ccc(/C(N)=N/O)cc1C. The Labute approximate surface area is 128 Å². The van der Waals surface area contributed by atoms with E-state index in [0.29, 0.717) is 0 Å². The van der Waals surface area contributed by atoms with Gasteiger partial charge in [-0.25, -0.2) is 0 Å². The van der Waals surface area contributed by atoms with Gasteiger partial charge in [-0.15, -0.1) is 0 Å². The van der Waals surface area contributed by atoms with Crippen LogP contribution in [0.15, 0.2) is 23.4 Å². The van der Waals surface area contributed by atoms with Gasteiger partial charge in [0.25, 0.3) is 0 Å². The summed E-state index contributed by atoms with van der Waals surface area (Å²) in [5.74, 6) is 0.921. The molecule has 0 aliphatic rings. The molecule has 0 saturated heterocycles. The van der Waals surface area contributed by atoms with Crippen LogP contribution >= 0.6 is 0 Å². The smallest absolute Gasteiger partial charge is 0.170 e. The minimum Gasteiger partial charge on any atom is -0.409 e. The summed E-state index contributed by atoms with van der Waals surface area (Å²) >= 11 is 0. The molecule has 4 nitrogen and oxygen atoms in total. The second-order valence-electron chi connectivity index (χ2n) is 5.67. The molecule has 0 saturated carbocycles. The predicted molar refractivity (Wildman–Crippen MR) is 88.7 cm³/mol. The van der Waals surface area contributed by atoms with Gasteiger partial charge < -0.3 is 16.3 Å². The Kier molecular flexibility index (Phi) is 7.83. The van der Waals surface area contributed by atoms with E-state index in [1.54, 1.807) is 0 Å². The van der Waals surface area contributed by atoms with Crippen LogP contribution in [0.1, 0.15) is 56.2 Å². The maximum absolute atomic E-state index is 8.70. The van der Waals surface area contributed by atoms with Crippen molar-refractivity contribution in [1.82, 2.24) is 5.32 Å². The van der Waals surface area contributed by atoms with Gasteiger partial charge in [0.15, 0.2) is 5.84 Å². The van der Waals surface area contributed by atoms with Crippen molar-refractivity contribution in [1.29, 1.82) is 0 Å². The molecular formula is C17H29N3O. The third-order valence-electron chi connectivity index (χ3n) is 4.04. The van der Waals surface area contributed by atoms with Crippen LogP contribution in [0.25, 0.3) is 0 Å². The van der Waals surface area contributed by atoms with Gasteiger partial charge in [0.05, 0.1) is 0 Å². The Balaban J connectivity index is 2.52. The summed E-state index contributed by atoms with van der Waals surface area (Å²) in [4.78, 5) is 0. The molecule has 118 valence electrons. The number of aryl methyl sites for hydroxylation is 1. The van der Waals surface area contributed by atoms with Gasteiger partial charge in [-0.1, -0.05) is 50.4 Å². The van der Waals surface area contributed by atoms with Crippen LogP contribution in [0.2, 0.25) is 0 Å². The fourth-order valence-corrected chi connectivity index (χ4v) is 2.47. The zero-order chi connectivity index (χ0) is 15.7. The molecule has 0 spiro atoms. The molecule has 1 rings (SSSR count). The number of hydrogen-bond acceptors (Lipinski definition) is 3. The quantitative estimate of drug-likeness (QED) is 0.283. The second kappa shape index (κ2) is 9.40. The molecule has 0 amide bonds. The predicted octanol–water partition coefficient (Wildman–Crippen LogP) is 3.40. The first-order valence-corrected chi connectivity index (χ1v) is 7.90. The first-order chi connectivity index (χ1) is 10.1. The molecular weight excluding hydrogens is 262 g/mol. The van der Waals surface area contributed by atoms with E-state index in [1.807, 2.05) is 18.2 Å². The number of nitrogens with zero attached hydrogens (tertiary/aromatic N) is 1. The summed E-state index contributed by atoms with van der Waals surface area (Å²) in [6.07, 6.45) is 5.12. The van der Waals surface area contributed by atoms with Crippen LogP contribution in [0.3, 0.4) is 0 Å². The van der Waals surface area contributed by atoms with E-state index >= 15 is 0 Å². The van der Waals surface area contributed by atoms with Crippen LogP contribution in [0.4, 0.5) is 0 Å². The molecule has 1 unspecified atom stereocenters. The summed E-state index contributed by atoms with van der Waals surface area (Å²) in [6, 6.07) is 5.90. The molecule has 0 aliphatic carbocycles. The van der Waals surface area contributed by atoms with Gasteiger partial charge in [0.2, 0.25) is 0 Å². The molecule has 1 aromatic carbocycles. The Bertz CT molecular complexity index is 457. The fourth-order valence-electron chi connectivity index (χ4n) is 2.47. The van der Waals surface area contributed by atoms with E-state index in [0.717, 1.165) is 30.1 Å². The van der Waals surface area contributed by atoms with Gasteiger partial charge in [0.1, 0.15) is 0 Å². The normalized spacial score (nSPS) is 13.4. The number of nitrogens with two attached hydrogens (primary N) is 1. The lowest BCUT2D eigenvalue weighted by atomic mass is 9.99. The zero-order valence-electron chi connectivity index (χ0n) is 13.5. The highest BCUT2D eigenvalue weighted by molar-refractivity contribution is 5.97. The van der Waals surface area contributed by atoms with Gasteiger partial charge in [0, 0.05) is 12.1 Å². The Morgan fingerprint density at radius 2 is 2.14 bits per heavy atom. The number of oxime groups is 1. The Hall–Kier alpha value is -1.55. The van der Waals surface area contributed by atoms with E-state index in [9.17, 15) is 0 Å². The van der Waals surface area contributed by atoms with Crippen LogP contribution in [0.5, 0.6) is 0 Å². The Morgan fingerprint density at radius 1 is 1.38 bits per heavy atom. The summed E-state index contributed by atoms with van der Waals surface area (Å²) in [7, 11) is 0. The maximum Gasteiger partial charge on any atom is 0.170 e. The topological polar surface area (TPSA) is 70.6 Å². The van der Waals surface area contributed by atoms with Crippen molar-refractivity contribution >= 4 is 5.84 Å². The fraction of sp³-hybridized carbons (Fsp3) is 0.588. The molecule has 0 heterocycles. The summed E-state index contributed by atoms with van der Waals surface area (Å²) in [6.45, 7) is 8.49. The number of unbranched alkanes of at least 4 members (excludes halogenated alkanes) is 1. The minimum atomic E-state index is 0.156. The highest BCUT2D eigenvalue weighted by Gasteiger charge is 2.07. The van der Waals surface area contributed by atoms with Gasteiger partial charge in [-0.3, -0.25) is 0 Å². The van der Waals surface area contributed by atoms with Crippen LogP contribution in [0, 0.1) is 12.8 Å². The van der Waals surface area contributed by atoms with E-state index in [4.69, 9.17) is 10.9 Å². The lowest BCUT2D eigenvalue weighted by Crippen LogP contribution is -2.22. The zero-order valence-corrected chi connectivity index (χ0v) is 13.5. The van der Waals surface area contributed by atoms with E-state index in [1.165, 1.54) is 31.2 Å². The minimum absolute atomic E-state index is 0.156. The van der Waals surface area contributed by atoms with E-state index in [-0.39, 0.29) is 5.84 Å². The third kappa shape index (κ3) is 5.76. The third-order valence-corrected chi connectivity index (χ3v) is 4.04. The summed E-state index contributed by atoms with van der Waals surface area (Å²) in [5.41, 5.74) is 8.78. The molecule has 21 heavy (non-hydrogen) atoms. The summed E-state index contributed by atoms with van der Waals surface area (Å²) < 4.78 is 0. The average Bonchev–Trinajstić information content (AvgIpc) is 2.51. The number of rotatable bonds is 9. The summed E-state index contributed by atoms with van der Waals surface area (Å²) in [5, 5.41) is 15.3. The lowest BCUT2D eigenvalue weighted by Gasteiger charge is -2.16. The Morgan fingerprint density at radius 3 is 2.71 bits per heavy atom. The van der Waals surface area contributed by atoms with Crippen molar-refractivity contribution in [3.63, 3.8) is 0 Å². The van der Waals surface area contributed by atoms with Gasteiger partial charge in [-0.05, 0) is 43.0 Å². The van der Waals surface area contributed by atoms with Crippen LogP contribution < -0.4 is 11.1 Å². The number of amidine groups is 1. The van der Waals surface area contributed by atoms with E-state index < -0.39 is 0 Å². The molecule has 1 atom stereocenters. The van der Waals surface area contributed by atoms with Crippen molar-refractivity contribution in [2.24, 2.45) is 16.8 Å².